The number of benzene rings is 5. The molecule has 0 aliphatic heterocycles. The Kier molecular flexibility index (Phi) is 15.7. The van der Waals surface area contributed by atoms with Gasteiger partial charge < -0.3 is 27.6 Å². The average molecular weight is 980 g/mol. The van der Waals surface area contributed by atoms with E-state index in [1.807, 2.05) is 0 Å². The van der Waals surface area contributed by atoms with Crippen LogP contribution in [0.15, 0.2) is 127 Å². The van der Waals surface area contributed by atoms with Gasteiger partial charge in [-0.25, -0.2) is 0 Å². The van der Waals surface area contributed by atoms with Crippen LogP contribution in [-0.4, -0.2) is 30.1 Å². The molecule has 338 valence electrons. The second kappa shape index (κ2) is 19.5. The largest absolute Gasteiger partial charge is 1.00 e. The molecule has 4 nitrogen and oxygen atoms in total. The predicted molar refractivity (Wildman–Crippen MR) is 213 cm³/mol. The van der Waals surface area contributed by atoms with Crippen molar-refractivity contribution in [3.05, 3.63) is 166 Å². The fraction of sp³-hybridized carbons (Fsp3) is 0.289. The molecule has 63 heavy (non-hydrogen) atoms. The Balaban J connectivity index is 0.00000871. The lowest BCUT2D eigenvalue weighted by Gasteiger charge is -2.35. The number of carbonyl (C=O) groups is 2. The van der Waals surface area contributed by atoms with Crippen LogP contribution in [-0.2, 0) is 42.1 Å². The minimum absolute atomic E-state index is 0. The highest BCUT2D eigenvalue weighted by molar-refractivity contribution is 7.88. The van der Waals surface area contributed by atoms with Crippen LogP contribution in [0.4, 0.5) is 52.7 Å². The van der Waals surface area contributed by atoms with Gasteiger partial charge in [-0.05, 0) is 83.6 Å². The average Bonchev–Trinajstić information content (AvgIpc) is 3.18. The van der Waals surface area contributed by atoms with Gasteiger partial charge in [0, 0.05) is 5.56 Å². The minimum Gasteiger partial charge on any atom is -1.00 e. The summed E-state index contributed by atoms with van der Waals surface area (Å²) in [7, 11) is -3.26. The van der Waals surface area contributed by atoms with Gasteiger partial charge in [-0.1, -0.05) is 87.5 Å². The Labute approximate surface area is 366 Å². The molecule has 0 aliphatic carbocycles. The number of rotatable bonds is 12. The standard InChI is InChI=1S/C45H39F12N2O2P.BrH/c1-41(2,3)38(59-39(60)30-22-33(44(52,53)54)25-34(23-30)45(55,56)57)40(61)58-35(21-28-13-7-4-8-14-28)27-62(36-15-9-5-10-16-36,37-17-11-6-12-18-37)26-29-19-31(42(46,47)48)24-32(20-29)43(49,50)51;/h4-20,22-25,35,38H,21,26-27H2,1-3H3,(H-,58,59,60,61);1H/t35-,38-;/m0./s1. The molecule has 2 atom stereocenters. The summed E-state index contributed by atoms with van der Waals surface area (Å²) in [5, 5.41) is 6.35. The fourth-order valence-electron chi connectivity index (χ4n) is 7.15. The van der Waals surface area contributed by atoms with Crippen molar-refractivity contribution in [2.24, 2.45) is 5.41 Å². The quantitative estimate of drug-likeness (QED) is 0.0975. The van der Waals surface area contributed by atoms with E-state index < -0.39 is 89.1 Å². The number of halogens is 13. The number of amides is 2. The van der Waals surface area contributed by atoms with Gasteiger partial charge in [0.05, 0.1) is 58.5 Å². The number of hydrogen-bond donors (Lipinski definition) is 2. The van der Waals surface area contributed by atoms with Gasteiger partial charge in [0.25, 0.3) is 5.91 Å². The van der Waals surface area contributed by atoms with Crippen molar-refractivity contribution < 1.29 is 79.3 Å². The normalized spacial score (nSPS) is 13.7. The zero-order valence-corrected chi connectivity index (χ0v) is 36.1. The second-order valence-electron chi connectivity index (χ2n) is 15.9. The van der Waals surface area contributed by atoms with Gasteiger partial charge in [0.2, 0.25) is 5.91 Å². The lowest BCUT2D eigenvalue weighted by Crippen LogP contribution is -3.00. The van der Waals surface area contributed by atoms with E-state index in [0.29, 0.717) is 28.3 Å². The van der Waals surface area contributed by atoms with E-state index in [0.717, 1.165) is 0 Å². The van der Waals surface area contributed by atoms with Crippen LogP contribution in [0, 0.1) is 5.41 Å². The molecule has 0 aromatic heterocycles. The molecule has 18 heteroatoms. The van der Waals surface area contributed by atoms with E-state index in [1.54, 1.807) is 91.0 Å². The van der Waals surface area contributed by atoms with E-state index in [9.17, 15) is 62.3 Å². The van der Waals surface area contributed by atoms with Gasteiger partial charge >= 0.3 is 24.7 Å². The third-order valence-corrected chi connectivity index (χ3v) is 14.6. The van der Waals surface area contributed by atoms with Crippen LogP contribution < -0.4 is 38.2 Å². The first kappa shape index (κ1) is 50.8. The molecule has 5 rings (SSSR count). The third-order valence-electron chi connectivity index (χ3n) is 10.1. The topological polar surface area (TPSA) is 58.2 Å². The number of alkyl halides is 12. The molecule has 0 radical (unpaired) electrons. The van der Waals surface area contributed by atoms with Gasteiger partial charge in [0.15, 0.2) is 0 Å². The molecule has 0 spiro atoms. The fourth-order valence-corrected chi connectivity index (χ4v) is 11.6. The Morgan fingerprint density at radius 3 is 1.29 bits per heavy atom. The van der Waals surface area contributed by atoms with E-state index in [1.165, 1.54) is 20.8 Å². The SMILES string of the molecule is CC(C)(C)[C@@H](NC(=O)c1cc(C(F)(F)F)cc(C(F)(F)F)c1)C(=O)N[C@@H](Cc1ccccc1)C[P+](Cc1cc(C(F)(F)F)cc(C(F)(F)F)c1)(c1ccccc1)c1ccccc1.[Br-]. The molecule has 0 saturated heterocycles. The molecule has 5 aromatic carbocycles. The van der Waals surface area contributed by atoms with Crippen LogP contribution in [0.5, 0.6) is 0 Å². The lowest BCUT2D eigenvalue weighted by atomic mass is 9.85. The maximum Gasteiger partial charge on any atom is 0.416 e. The maximum absolute atomic E-state index is 14.5. The predicted octanol–water partition coefficient (Wildman–Crippen LogP) is 8.51. The van der Waals surface area contributed by atoms with Gasteiger partial charge in [-0.3, -0.25) is 9.59 Å². The summed E-state index contributed by atoms with van der Waals surface area (Å²) in [6, 6.07) is 24.5. The van der Waals surface area contributed by atoms with Crippen LogP contribution in [0.1, 0.15) is 64.5 Å². The van der Waals surface area contributed by atoms with E-state index in [4.69, 9.17) is 0 Å². The van der Waals surface area contributed by atoms with Gasteiger partial charge in [-0.2, -0.15) is 52.7 Å². The smallest absolute Gasteiger partial charge is 0.416 e. The minimum atomic E-state index is -5.27. The Bertz CT molecular complexity index is 2230. The Hall–Kier alpha value is -4.89. The molecule has 0 unspecified atom stereocenters. The van der Waals surface area contributed by atoms with Gasteiger partial charge in [-0.15, -0.1) is 0 Å². The molecule has 0 bridgehead atoms. The van der Waals surface area contributed by atoms with E-state index >= 15 is 0 Å². The summed E-state index contributed by atoms with van der Waals surface area (Å²) in [6.45, 7) is 4.48. The summed E-state index contributed by atoms with van der Waals surface area (Å²) in [4.78, 5) is 28.1. The third kappa shape index (κ3) is 13.1. The zero-order chi connectivity index (χ0) is 45.9. The highest BCUT2D eigenvalue weighted by Crippen LogP contribution is 2.60. The second-order valence-corrected chi connectivity index (χ2v) is 19.5. The number of nitrogens with one attached hydrogen (secondary N) is 2. The summed E-state index contributed by atoms with van der Waals surface area (Å²) in [5.74, 6) is -2.33. The lowest BCUT2D eigenvalue weighted by molar-refractivity contribution is -0.144. The molecule has 0 fully saturated rings. The number of hydrogen-bond acceptors (Lipinski definition) is 2. The van der Waals surface area contributed by atoms with Crippen LogP contribution >= 0.6 is 7.26 Å². The first-order valence-electron chi connectivity index (χ1n) is 18.9. The molecule has 2 amide bonds. The van der Waals surface area contributed by atoms with Crippen molar-refractivity contribution in [2.75, 3.05) is 6.16 Å². The van der Waals surface area contributed by atoms with E-state index in [-0.39, 0.29) is 65.6 Å². The maximum atomic E-state index is 14.5. The zero-order valence-electron chi connectivity index (χ0n) is 33.6. The van der Waals surface area contributed by atoms with Crippen LogP contribution in [0.25, 0.3) is 0 Å². The van der Waals surface area contributed by atoms with Crippen LogP contribution in [0.2, 0.25) is 0 Å². The first-order valence-corrected chi connectivity index (χ1v) is 21.0. The van der Waals surface area contributed by atoms with Crippen molar-refractivity contribution in [3.8, 4) is 0 Å². The van der Waals surface area contributed by atoms with Crippen molar-refractivity contribution >= 4 is 29.7 Å². The Morgan fingerprint density at radius 2 is 0.905 bits per heavy atom. The summed E-state index contributed by atoms with van der Waals surface area (Å²) < 4.78 is 167. The van der Waals surface area contributed by atoms with Crippen molar-refractivity contribution in [3.63, 3.8) is 0 Å². The molecule has 0 heterocycles. The molecule has 2 N–H and O–H groups in total. The first-order chi connectivity index (χ1) is 28.7. The molecule has 0 aliphatic rings. The molecular weight excluding hydrogens is 939 g/mol. The highest BCUT2D eigenvalue weighted by Gasteiger charge is 2.48. The van der Waals surface area contributed by atoms with Crippen molar-refractivity contribution in [1.82, 2.24) is 10.6 Å². The summed E-state index contributed by atoms with van der Waals surface area (Å²) >= 11 is 0. The number of carbonyl (C=O) groups excluding carboxylic acids is 2. The van der Waals surface area contributed by atoms with Crippen molar-refractivity contribution in [1.29, 1.82) is 0 Å². The van der Waals surface area contributed by atoms with Crippen molar-refractivity contribution in [2.45, 2.75) is 70.1 Å². The van der Waals surface area contributed by atoms with E-state index in [2.05, 4.69) is 10.6 Å². The monoisotopic (exact) mass is 978 g/mol. The summed E-state index contributed by atoms with van der Waals surface area (Å²) in [5.41, 5.74) is -8.40. The van der Waals surface area contributed by atoms with Gasteiger partial charge in [0.1, 0.15) is 6.04 Å². The molecule has 0 saturated carbocycles. The Morgan fingerprint density at radius 1 is 0.524 bits per heavy atom. The summed E-state index contributed by atoms with van der Waals surface area (Å²) in [6.07, 6.45) is -21.2. The molecule has 5 aromatic rings. The highest BCUT2D eigenvalue weighted by atomic mass is 79.9. The van der Waals surface area contributed by atoms with Crippen LogP contribution in [0.3, 0.4) is 0 Å². The molecular formula is C45H40BrF12N2O2P.